The van der Waals surface area contributed by atoms with Gasteiger partial charge in [-0.15, -0.1) is 0 Å². The highest BCUT2D eigenvalue weighted by Gasteiger charge is 2.27. The van der Waals surface area contributed by atoms with Gasteiger partial charge in [0, 0.05) is 12.6 Å². The van der Waals surface area contributed by atoms with Crippen molar-refractivity contribution in [2.45, 2.75) is 58.9 Å². The molecule has 2 heteroatoms. The first-order valence-electron chi connectivity index (χ1n) is 7.02. The lowest BCUT2D eigenvalue weighted by Crippen LogP contribution is -2.42. The molecule has 1 aliphatic rings. The Hall–Kier alpha value is -0.0800. The molecule has 1 saturated carbocycles. The Bertz CT molecular complexity index is 174. The average Bonchev–Trinajstić information content (AvgIpc) is 2.22. The van der Waals surface area contributed by atoms with Crippen LogP contribution < -0.4 is 0 Å². The van der Waals surface area contributed by atoms with Crippen LogP contribution >= 0.6 is 0 Å². The van der Waals surface area contributed by atoms with Crippen LogP contribution in [0.2, 0.25) is 0 Å². The fourth-order valence-corrected chi connectivity index (χ4v) is 3.17. The normalized spacial score (nSPS) is 30.9. The molecule has 0 amide bonds. The van der Waals surface area contributed by atoms with E-state index in [-0.39, 0.29) is 0 Å². The summed E-state index contributed by atoms with van der Waals surface area (Å²) >= 11 is 0. The molecule has 0 bridgehead atoms. The number of rotatable bonds is 6. The molecule has 2 atom stereocenters. The summed E-state index contributed by atoms with van der Waals surface area (Å²) in [5.41, 5.74) is 0. The molecule has 0 aromatic heterocycles. The molecular weight excluding hydrogens is 198 g/mol. The Morgan fingerprint density at radius 1 is 1.06 bits per heavy atom. The van der Waals surface area contributed by atoms with Crippen LogP contribution in [0.15, 0.2) is 0 Å². The van der Waals surface area contributed by atoms with Gasteiger partial charge in [0.15, 0.2) is 0 Å². The van der Waals surface area contributed by atoms with Gasteiger partial charge in [-0.25, -0.2) is 0 Å². The van der Waals surface area contributed by atoms with Gasteiger partial charge in [-0.1, -0.05) is 27.2 Å². The van der Waals surface area contributed by atoms with Crippen molar-refractivity contribution < 1.29 is 5.11 Å². The van der Waals surface area contributed by atoms with E-state index in [1.165, 1.54) is 38.6 Å². The minimum absolute atomic E-state index is 0.309. The van der Waals surface area contributed by atoms with Crippen molar-refractivity contribution in [1.29, 1.82) is 0 Å². The van der Waals surface area contributed by atoms with Crippen LogP contribution in [0.25, 0.3) is 0 Å². The van der Waals surface area contributed by atoms with Crippen molar-refractivity contribution in [3.63, 3.8) is 0 Å². The SMILES string of the molecule is CCCCN(CCO)C1CC(C)CC(C)C1. The van der Waals surface area contributed by atoms with E-state index in [1.54, 1.807) is 0 Å². The first kappa shape index (κ1) is 14.0. The van der Waals surface area contributed by atoms with Crippen molar-refractivity contribution in [3.05, 3.63) is 0 Å². The van der Waals surface area contributed by atoms with E-state index in [0.717, 1.165) is 24.4 Å². The maximum atomic E-state index is 9.16. The van der Waals surface area contributed by atoms with Gasteiger partial charge in [0.2, 0.25) is 0 Å². The van der Waals surface area contributed by atoms with Crippen LogP contribution in [0.5, 0.6) is 0 Å². The molecule has 0 aromatic carbocycles. The van der Waals surface area contributed by atoms with Gasteiger partial charge in [0.1, 0.15) is 0 Å². The average molecular weight is 227 g/mol. The Morgan fingerprint density at radius 2 is 1.69 bits per heavy atom. The molecule has 0 aromatic rings. The number of hydrogen-bond acceptors (Lipinski definition) is 2. The van der Waals surface area contributed by atoms with Crippen molar-refractivity contribution >= 4 is 0 Å². The lowest BCUT2D eigenvalue weighted by molar-refractivity contribution is 0.0888. The van der Waals surface area contributed by atoms with Crippen molar-refractivity contribution in [2.75, 3.05) is 19.7 Å². The number of nitrogens with zero attached hydrogens (tertiary/aromatic N) is 1. The van der Waals surface area contributed by atoms with E-state index in [9.17, 15) is 0 Å². The summed E-state index contributed by atoms with van der Waals surface area (Å²) in [5.74, 6) is 1.72. The van der Waals surface area contributed by atoms with Crippen LogP contribution in [0.3, 0.4) is 0 Å². The largest absolute Gasteiger partial charge is 0.395 e. The molecular formula is C14H29NO. The lowest BCUT2D eigenvalue weighted by Gasteiger charge is -2.39. The third-order valence-corrected chi connectivity index (χ3v) is 3.86. The molecule has 16 heavy (non-hydrogen) atoms. The first-order valence-corrected chi connectivity index (χ1v) is 7.02. The highest BCUT2D eigenvalue weighted by atomic mass is 16.3. The van der Waals surface area contributed by atoms with Crippen LogP contribution in [-0.2, 0) is 0 Å². The summed E-state index contributed by atoms with van der Waals surface area (Å²) in [4.78, 5) is 2.52. The van der Waals surface area contributed by atoms with Gasteiger partial charge in [-0.3, -0.25) is 4.90 Å². The van der Waals surface area contributed by atoms with E-state index >= 15 is 0 Å². The Labute approximate surface area is 101 Å². The predicted molar refractivity (Wildman–Crippen MR) is 69.5 cm³/mol. The van der Waals surface area contributed by atoms with Gasteiger partial charge in [-0.2, -0.15) is 0 Å². The van der Waals surface area contributed by atoms with E-state index in [2.05, 4.69) is 25.7 Å². The summed E-state index contributed by atoms with van der Waals surface area (Å²) in [6.45, 7) is 9.33. The number of aliphatic hydroxyl groups excluding tert-OH is 1. The van der Waals surface area contributed by atoms with Crippen LogP contribution in [-0.4, -0.2) is 35.7 Å². The number of hydrogen-bond donors (Lipinski definition) is 1. The number of aliphatic hydroxyl groups is 1. The molecule has 1 aliphatic carbocycles. The van der Waals surface area contributed by atoms with E-state index in [4.69, 9.17) is 5.11 Å². The third-order valence-electron chi connectivity index (χ3n) is 3.86. The smallest absolute Gasteiger partial charge is 0.0558 e. The highest BCUT2D eigenvalue weighted by Crippen LogP contribution is 2.31. The van der Waals surface area contributed by atoms with Gasteiger partial charge in [0.05, 0.1) is 6.61 Å². The summed E-state index contributed by atoms with van der Waals surface area (Å²) in [5, 5.41) is 9.16. The molecule has 96 valence electrons. The maximum Gasteiger partial charge on any atom is 0.0558 e. The topological polar surface area (TPSA) is 23.5 Å². The second kappa shape index (κ2) is 7.29. The van der Waals surface area contributed by atoms with E-state index < -0.39 is 0 Å². The second-order valence-corrected chi connectivity index (χ2v) is 5.68. The molecule has 1 rings (SSSR count). The monoisotopic (exact) mass is 227 g/mol. The molecule has 0 radical (unpaired) electrons. The summed E-state index contributed by atoms with van der Waals surface area (Å²) in [6.07, 6.45) is 6.55. The zero-order valence-corrected chi connectivity index (χ0v) is 11.3. The summed E-state index contributed by atoms with van der Waals surface area (Å²) < 4.78 is 0. The van der Waals surface area contributed by atoms with Crippen molar-refractivity contribution in [3.8, 4) is 0 Å². The molecule has 0 aliphatic heterocycles. The van der Waals surface area contributed by atoms with Gasteiger partial charge >= 0.3 is 0 Å². The third kappa shape index (κ3) is 4.42. The Balaban J connectivity index is 2.47. The summed E-state index contributed by atoms with van der Waals surface area (Å²) in [7, 11) is 0. The Morgan fingerprint density at radius 3 is 2.19 bits per heavy atom. The molecule has 0 saturated heterocycles. The van der Waals surface area contributed by atoms with Crippen molar-refractivity contribution in [2.24, 2.45) is 11.8 Å². The van der Waals surface area contributed by atoms with Gasteiger partial charge < -0.3 is 5.11 Å². The van der Waals surface area contributed by atoms with E-state index in [1.807, 2.05) is 0 Å². The highest BCUT2D eigenvalue weighted by molar-refractivity contribution is 4.81. The minimum Gasteiger partial charge on any atom is -0.395 e. The lowest BCUT2D eigenvalue weighted by atomic mass is 9.79. The van der Waals surface area contributed by atoms with Crippen LogP contribution in [0.1, 0.15) is 52.9 Å². The van der Waals surface area contributed by atoms with Gasteiger partial charge in [0.25, 0.3) is 0 Å². The molecule has 0 spiro atoms. The minimum atomic E-state index is 0.309. The van der Waals surface area contributed by atoms with E-state index in [0.29, 0.717) is 6.61 Å². The standard InChI is InChI=1S/C14H29NO/c1-4-5-6-15(7-8-16)14-10-12(2)9-13(3)11-14/h12-14,16H,4-11H2,1-3H3. The zero-order chi connectivity index (χ0) is 12.0. The molecule has 1 fully saturated rings. The molecule has 2 unspecified atom stereocenters. The fraction of sp³-hybridized carbons (Fsp3) is 1.00. The van der Waals surface area contributed by atoms with Crippen molar-refractivity contribution in [1.82, 2.24) is 4.90 Å². The molecule has 2 nitrogen and oxygen atoms in total. The zero-order valence-electron chi connectivity index (χ0n) is 11.3. The molecule has 1 N–H and O–H groups in total. The Kier molecular flexibility index (Phi) is 6.37. The quantitative estimate of drug-likeness (QED) is 0.754. The summed E-state index contributed by atoms with van der Waals surface area (Å²) in [6, 6.07) is 0.720. The second-order valence-electron chi connectivity index (χ2n) is 5.68. The molecule has 0 heterocycles. The maximum absolute atomic E-state index is 9.16. The van der Waals surface area contributed by atoms with Gasteiger partial charge in [-0.05, 0) is 44.1 Å². The fourth-order valence-electron chi connectivity index (χ4n) is 3.17. The van der Waals surface area contributed by atoms with Crippen LogP contribution in [0, 0.1) is 11.8 Å². The number of unbranched alkanes of at least 4 members (excludes halogenated alkanes) is 1. The predicted octanol–water partition coefficient (Wildman–Crippen LogP) is 2.91. The van der Waals surface area contributed by atoms with Crippen LogP contribution in [0.4, 0.5) is 0 Å². The first-order chi connectivity index (χ1) is 7.67.